The number of aryl methyl sites for hydroxylation is 1. The highest BCUT2D eigenvalue weighted by Crippen LogP contribution is 2.26. The first-order valence-corrected chi connectivity index (χ1v) is 8.49. The number of nitrogens with one attached hydrogen (secondary N) is 1. The van der Waals surface area contributed by atoms with Crippen molar-refractivity contribution in [2.75, 3.05) is 18.4 Å². The van der Waals surface area contributed by atoms with Crippen LogP contribution in [-0.2, 0) is 6.54 Å². The van der Waals surface area contributed by atoms with Gasteiger partial charge in [-0.1, -0.05) is 23.8 Å². The van der Waals surface area contributed by atoms with Crippen LogP contribution in [0.2, 0.25) is 0 Å². The predicted octanol–water partition coefficient (Wildman–Crippen LogP) is 4.36. The molecular formula is C19H23N3O4. The lowest BCUT2D eigenvalue weighted by Crippen LogP contribution is -2.32. The molecule has 0 aliphatic rings. The van der Waals surface area contributed by atoms with Gasteiger partial charge in [-0.05, 0) is 44.5 Å². The highest BCUT2D eigenvalue weighted by atomic mass is 16.6. The van der Waals surface area contributed by atoms with Crippen LogP contribution in [-0.4, -0.2) is 29.0 Å². The van der Waals surface area contributed by atoms with Crippen LogP contribution in [0.15, 0.2) is 42.5 Å². The number of hydrogen-bond acceptors (Lipinski definition) is 5. The molecule has 0 unspecified atom stereocenters. The second kappa shape index (κ2) is 8.84. The fourth-order valence-electron chi connectivity index (χ4n) is 2.46. The van der Waals surface area contributed by atoms with E-state index in [4.69, 9.17) is 4.74 Å². The van der Waals surface area contributed by atoms with Crippen LogP contribution in [0.4, 0.5) is 16.2 Å². The quantitative estimate of drug-likeness (QED) is 0.588. The molecule has 2 aromatic carbocycles. The van der Waals surface area contributed by atoms with Crippen LogP contribution in [0.3, 0.4) is 0 Å². The summed E-state index contributed by atoms with van der Waals surface area (Å²) in [5.74, 6) is 0.465. The Morgan fingerprint density at radius 1 is 1.19 bits per heavy atom. The van der Waals surface area contributed by atoms with E-state index in [1.165, 1.54) is 11.0 Å². The first-order chi connectivity index (χ1) is 12.4. The van der Waals surface area contributed by atoms with Gasteiger partial charge in [-0.3, -0.25) is 10.1 Å². The monoisotopic (exact) mass is 357 g/mol. The number of nitro benzene ring substituents is 1. The normalized spacial score (nSPS) is 10.3. The van der Waals surface area contributed by atoms with Crippen LogP contribution in [0, 0.1) is 17.0 Å². The lowest BCUT2D eigenvalue weighted by atomic mass is 10.1. The van der Waals surface area contributed by atoms with Gasteiger partial charge in [0.25, 0.3) is 5.69 Å². The largest absolute Gasteiger partial charge is 0.415 e. The molecule has 2 rings (SSSR count). The Morgan fingerprint density at radius 2 is 1.88 bits per heavy atom. The lowest BCUT2D eigenvalue weighted by molar-refractivity contribution is -0.384. The topological polar surface area (TPSA) is 84.7 Å². The van der Waals surface area contributed by atoms with Gasteiger partial charge in [-0.2, -0.15) is 0 Å². The maximum Gasteiger partial charge on any atom is 0.415 e. The number of ether oxygens (including phenoxy) is 1. The summed E-state index contributed by atoms with van der Waals surface area (Å²) in [4.78, 5) is 24.7. The zero-order valence-electron chi connectivity index (χ0n) is 15.2. The fraction of sp³-hybridized carbons (Fsp3) is 0.316. The van der Waals surface area contributed by atoms with Gasteiger partial charge < -0.3 is 15.0 Å². The number of amides is 1. The Morgan fingerprint density at radius 3 is 2.46 bits per heavy atom. The van der Waals surface area contributed by atoms with Gasteiger partial charge >= 0.3 is 6.09 Å². The molecule has 0 aliphatic carbocycles. The average molecular weight is 357 g/mol. The van der Waals surface area contributed by atoms with Crippen molar-refractivity contribution in [1.82, 2.24) is 4.90 Å². The van der Waals surface area contributed by atoms with Crippen molar-refractivity contribution in [1.29, 1.82) is 0 Å². The number of nitrogens with zero attached hydrogens (tertiary/aromatic N) is 2. The van der Waals surface area contributed by atoms with E-state index in [1.54, 1.807) is 24.3 Å². The van der Waals surface area contributed by atoms with Gasteiger partial charge in [-0.15, -0.1) is 0 Å². The second-order valence-electron chi connectivity index (χ2n) is 5.83. The molecule has 0 saturated heterocycles. The number of carbonyl (C=O) groups excluding carboxylic acids is 1. The summed E-state index contributed by atoms with van der Waals surface area (Å²) < 4.78 is 5.38. The Hall–Kier alpha value is -3.09. The molecule has 2 aromatic rings. The molecule has 0 aromatic heterocycles. The van der Waals surface area contributed by atoms with Crippen LogP contribution in [0.5, 0.6) is 5.75 Å². The van der Waals surface area contributed by atoms with E-state index in [2.05, 4.69) is 5.32 Å². The molecule has 1 amide bonds. The number of carbonyl (C=O) groups is 1. The molecule has 7 heteroatoms. The molecule has 0 aliphatic heterocycles. The molecule has 7 nitrogen and oxygen atoms in total. The molecule has 1 N–H and O–H groups in total. The Kier molecular flexibility index (Phi) is 6.54. The summed E-state index contributed by atoms with van der Waals surface area (Å²) in [6.45, 7) is 6.90. The van der Waals surface area contributed by atoms with E-state index in [0.717, 1.165) is 5.56 Å². The number of anilines is 1. The molecule has 138 valence electrons. The summed E-state index contributed by atoms with van der Waals surface area (Å²) in [5.41, 5.74) is 2.20. The number of rotatable bonds is 7. The number of hydrogen-bond donors (Lipinski definition) is 1. The minimum atomic E-state index is -0.491. The van der Waals surface area contributed by atoms with E-state index in [-0.39, 0.29) is 12.2 Å². The van der Waals surface area contributed by atoms with E-state index in [9.17, 15) is 14.9 Å². The second-order valence-corrected chi connectivity index (χ2v) is 5.83. The standard InChI is InChI=1S/C19H23N3O4/c1-4-20-17-11-8-15(12-18(17)22(24)25)13-21(5-2)19(23)26-16-9-6-14(3)7-10-16/h6-12,20H,4-5,13H2,1-3H3. The Balaban J connectivity index is 2.13. The molecule has 0 heterocycles. The van der Waals surface area contributed by atoms with E-state index in [0.29, 0.717) is 30.1 Å². The fourth-order valence-corrected chi connectivity index (χ4v) is 2.46. The van der Waals surface area contributed by atoms with E-state index < -0.39 is 11.0 Å². The number of nitro groups is 1. The van der Waals surface area contributed by atoms with Crippen molar-refractivity contribution in [3.63, 3.8) is 0 Å². The SMILES string of the molecule is CCNc1ccc(CN(CC)C(=O)Oc2ccc(C)cc2)cc1[N+](=O)[O-]. The van der Waals surface area contributed by atoms with E-state index in [1.807, 2.05) is 32.9 Å². The third kappa shape index (κ3) is 4.95. The van der Waals surface area contributed by atoms with Crippen LogP contribution in [0.25, 0.3) is 0 Å². The molecule has 0 spiro atoms. The summed E-state index contributed by atoms with van der Waals surface area (Å²) >= 11 is 0. The Bertz CT molecular complexity index is 775. The van der Waals surface area contributed by atoms with E-state index >= 15 is 0 Å². The van der Waals surface area contributed by atoms with Crippen LogP contribution in [0.1, 0.15) is 25.0 Å². The van der Waals surface area contributed by atoms with Crippen LogP contribution < -0.4 is 10.1 Å². The smallest absolute Gasteiger partial charge is 0.410 e. The van der Waals surface area contributed by atoms with Crippen molar-refractivity contribution in [2.45, 2.75) is 27.3 Å². The summed E-state index contributed by atoms with van der Waals surface area (Å²) in [6.07, 6.45) is -0.491. The van der Waals surface area contributed by atoms with Crippen molar-refractivity contribution < 1.29 is 14.5 Å². The van der Waals surface area contributed by atoms with Gasteiger partial charge in [-0.25, -0.2) is 4.79 Å². The zero-order chi connectivity index (χ0) is 19.1. The average Bonchev–Trinajstić information content (AvgIpc) is 2.62. The summed E-state index contributed by atoms with van der Waals surface area (Å²) in [7, 11) is 0. The molecular weight excluding hydrogens is 334 g/mol. The first-order valence-electron chi connectivity index (χ1n) is 8.49. The minimum absolute atomic E-state index is 0.00713. The highest BCUT2D eigenvalue weighted by Gasteiger charge is 2.18. The summed E-state index contributed by atoms with van der Waals surface area (Å²) in [6, 6.07) is 12.1. The lowest BCUT2D eigenvalue weighted by Gasteiger charge is -2.20. The predicted molar refractivity (Wildman–Crippen MR) is 101 cm³/mol. The van der Waals surface area contributed by atoms with Gasteiger partial charge in [0.1, 0.15) is 11.4 Å². The number of benzene rings is 2. The van der Waals surface area contributed by atoms with Crippen LogP contribution >= 0.6 is 0 Å². The van der Waals surface area contributed by atoms with Gasteiger partial charge in [0, 0.05) is 25.7 Å². The Labute approximate surface area is 152 Å². The third-order valence-electron chi connectivity index (χ3n) is 3.87. The molecule has 0 radical (unpaired) electrons. The van der Waals surface area contributed by atoms with Gasteiger partial charge in [0.05, 0.1) is 4.92 Å². The summed E-state index contributed by atoms with van der Waals surface area (Å²) in [5, 5.41) is 14.2. The van der Waals surface area contributed by atoms with Gasteiger partial charge in [0.15, 0.2) is 0 Å². The maximum atomic E-state index is 12.4. The molecule has 26 heavy (non-hydrogen) atoms. The zero-order valence-corrected chi connectivity index (χ0v) is 15.2. The van der Waals surface area contributed by atoms with Crippen molar-refractivity contribution in [2.24, 2.45) is 0 Å². The minimum Gasteiger partial charge on any atom is -0.410 e. The van der Waals surface area contributed by atoms with Crippen molar-refractivity contribution in [3.05, 3.63) is 63.7 Å². The maximum absolute atomic E-state index is 12.4. The van der Waals surface area contributed by atoms with Gasteiger partial charge in [0.2, 0.25) is 0 Å². The van der Waals surface area contributed by atoms with Crippen molar-refractivity contribution >= 4 is 17.5 Å². The molecule has 0 fully saturated rings. The van der Waals surface area contributed by atoms with Crippen molar-refractivity contribution in [3.8, 4) is 5.75 Å². The molecule has 0 atom stereocenters. The molecule has 0 saturated carbocycles. The third-order valence-corrected chi connectivity index (χ3v) is 3.87. The first kappa shape index (κ1) is 19.2. The highest BCUT2D eigenvalue weighted by molar-refractivity contribution is 5.71. The molecule has 0 bridgehead atoms.